The van der Waals surface area contributed by atoms with Crippen molar-refractivity contribution in [1.82, 2.24) is 10.2 Å². The third kappa shape index (κ3) is 2.38. The van der Waals surface area contributed by atoms with Gasteiger partial charge in [-0.05, 0) is 74.9 Å². The van der Waals surface area contributed by atoms with Crippen molar-refractivity contribution in [3.05, 3.63) is 48.6 Å². The Balaban J connectivity index is 1.52. The number of likely N-dealkylation sites (tertiary alicyclic amines) is 1. The first-order valence-corrected chi connectivity index (χ1v) is 10.0. The van der Waals surface area contributed by atoms with E-state index in [1.165, 1.54) is 51.9 Å². The van der Waals surface area contributed by atoms with Crippen molar-refractivity contribution in [2.75, 3.05) is 26.2 Å². The van der Waals surface area contributed by atoms with Crippen molar-refractivity contribution < 1.29 is 0 Å². The van der Waals surface area contributed by atoms with Crippen LogP contribution in [0.25, 0.3) is 0 Å². The van der Waals surface area contributed by atoms with E-state index >= 15 is 0 Å². The molecule has 6 aliphatic rings. The van der Waals surface area contributed by atoms with E-state index in [4.69, 9.17) is 0 Å². The van der Waals surface area contributed by atoms with E-state index in [1.807, 2.05) is 0 Å². The molecule has 2 nitrogen and oxygen atoms in total. The molecule has 0 aromatic rings. The van der Waals surface area contributed by atoms with Gasteiger partial charge in [0, 0.05) is 12.1 Å². The fourth-order valence-corrected chi connectivity index (χ4v) is 6.37. The maximum absolute atomic E-state index is 3.90. The van der Waals surface area contributed by atoms with Crippen molar-refractivity contribution >= 4 is 0 Å². The molecule has 2 unspecified atom stereocenters. The first kappa shape index (κ1) is 15.2. The predicted molar refractivity (Wildman–Crippen MR) is 99.7 cm³/mol. The number of rotatable bonds is 3. The Morgan fingerprint density at radius 1 is 0.750 bits per heavy atom. The smallest absolute Gasteiger partial charge is 0.0340 e. The molecule has 0 amide bonds. The lowest BCUT2D eigenvalue weighted by atomic mass is 9.59. The lowest BCUT2D eigenvalue weighted by Gasteiger charge is -2.52. The zero-order valence-electron chi connectivity index (χ0n) is 14.6. The second kappa shape index (κ2) is 6.00. The van der Waals surface area contributed by atoms with Crippen LogP contribution in [0.5, 0.6) is 0 Å². The molecule has 1 saturated carbocycles. The van der Waals surface area contributed by atoms with Gasteiger partial charge in [0.2, 0.25) is 0 Å². The summed E-state index contributed by atoms with van der Waals surface area (Å²) in [6, 6.07) is 0. The fourth-order valence-electron chi connectivity index (χ4n) is 6.37. The van der Waals surface area contributed by atoms with Crippen LogP contribution in [0.3, 0.4) is 0 Å². The van der Waals surface area contributed by atoms with Gasteiger partial charge in [-0.2, -0.15) is 0 Å². The third-order valence-electron chi connectivity index (χ3n) is 7.49. The topological polar surface area (TPSA) is 15.3 Å². The molecule has 6 rings (SSSR count). The lowest BCUT2D eigenvalue weighted by molar-refractivity contribution is -0.00201. The van der Waals surface area contributed by atoms with E-state index in [1.54, 1.807) is 0 Å². The Kier molecular flexibility index (Phi) is 3.79. The van der Waals surface area contributed by atoms with Gasteiger partial charge in [-0.1, -0.05) is 48.6 Å². The van der Waals surface area contributed by atoms with Crippen molar-refractivity contribution in [1.29, 1.82) is 0 Å². The summed E-state index contributed by atoms with van der Waals surface area (Å²) in [6.07, 6.45) is 24.5. The maximum Gasteiger partial charge on any atom is 0.0340 e. The summed E-state index contributed by atoms with van der Waals surface area (Å²) in [5.41, 5.74) is 0.396. The average molecular weight is 322 g/mol. The quantitative estimate of drug-likeness (QED) is 0.855. The molecule has 0 aromatic heterocycles. The van der Waals surface area contributed by atoms with Crippen LogP contribution in [-0.4, -0.2) is 36.6 Å². The van der Waals surface area contributed by atoms with Gasteiger partial charge in [0.25, 0.3) is 0 Å². The molecule has 128 valence electrons. The van der Waals surface area contributed by atoms with E-state index in [2.05, 4.69) is 58.8 Å². The summed E-state index contributed by atoms with van der Waals surface area (Å²) in [5, 5.41) is 3.90. The summed E-state index contributed by atoms with van der Waals surface area (Å²) < 4.78 is 0. The van der Waals surface area contributed by atoms with Gasteiger partial charge in [-0.3, -0.25) is 4.90 Å². The molecule has 0 spiro atoms. The van der Waals surface area contributed by atoms with E-state index in [-0.39, 0.29) is 0 Å². The van der Waals surface area contributed by atoms with Gasteiger partial charge in [-0.15, -0.1) is 0 Å². The van der Waals surface area contributed by atoms with Crippen molar-refractivity contribution in [3.8, 4) is 0 Å². The maximum atomic E-state index is 3.90. The molecule has 0 radical (unpaired) electrons. The molecule has 3 saturated heterocycles. The standard InChI is InChI=1S/C22H30N2/c1-2-8-17(7-1)19-13-22(24-11-5-6-12-24)14-20(18-9-3-4-10-18)21(19)15-23-16-22/h1-4,7-10,17-21,23H,5-6,11-16H2. The molecule has 2 atom stereocenters. The largest absolute Gasteiger partial charge is 0.315 e. The first-order chi connectivity index (χ1) is 11.9. The first-order valence-electron chi connectivity index (χ1n) is 10.0. The zero-order valence-corrected chi connectivity index (χ0v) is 14.6. The van der Waals surface area contributed by atoms with Crippen molar-refractivity contribution in [3.63, 3.8) is 0 Å². The van der Waals surface area contributed by atoms with Gasteiger partial charge in [0.05, 0.1) is 0 Å². The van der Waals surface area contributed by atoms with Crippen LogP contribution in [0.15, 0.2) is 48.6 Å². The highest BCUT2D eigenvalue weighted by molar-refractivity contribution is 5.25. The highest BCUT2D eigenvalue weighted by atomic mass is 15.2. The normalized spacial score (nSPS) is 42.6. The molecule has 2 bridgehead atoms. The van der Waals surface area contributed by atoms with Crippen LogP contribution in [0.4, 0.5) is 0 Å². The molecule has 2 heteroatoms. The molecule has 1 N–H and O–H groups in total. The molecule has 4 fully saturated rings. The summed E-state index contributed by atoms with van der Waals surface area (Å²) in [4.78, 5) is 2.87. The van der Waals surface area contributed by atoms with E-state index < -0.39 is 0 Å². The number of nitrogens with one attached hydrogen (secondary N) is 1. The Labute approximate surface area is 146 Å². The minimum Gasteiger partial charge on any atom is -0.315 e. The van der Waals surface area contributed by atoms with Crippen LogP contribution < -0.4 is 5.32 Å². The van der Waals surface area contributed by atoms with Crippen LogP contribution in [-0.2, 0) is 0 Å². The van der Waals surface area contributed by atoms with Gasteiger partial charge >= 0.3 is 0 Å². The molecule has 24 heavy (non-hydrogen) atoms. The number of nitrogens with zero attached hydrogens (tertiary/aromatic N) is 1. The number of allylic oxidation sites excluding steroid dienone is 8. The van der Waals surface area contributed by atoms with Crippen LogP contribution >= 0.6 is 0 Å². The van der Waals surface area contributed by atoms with Gasteiger partial charge in [0.1, 0.15) is 0 Å². The highest BCUT2D eigenvalue weighted by Gasteiger charge is 2.53. The van der Waals surface area contributed by atoms with Gasteiger partial charge in [0.15, 0.2) is 0 Å². The Hall–Kier alpha value is -1.12. The molecular formula is C22H30N2. The molecule has 3 heterocycles. The van der Waals surface area contributed by atoms with Crippen LogP contribution in [0.1, 0.15) is 25.7 Å². The number of hydrogen-bond acceptors (Lipinski definition) is 2. The monoisotopic (exact) mass is 322 g/mol. The highest BCUT2D eigenvalue weighted by Crippen LogP contribution is 2.52. The zero-order chi connectivity index (χ0) is 16.0. The molecule has 3 aliphatic heterocycles. The Morgan fingerprint density at radius 2 is 1.29 bits per heavy atom. The summed E-state index contributed by atoms with van der Waals surface area (Å²) in [6.45, 7) is 5.05. The fraction of sp³-hybridized carbons (Fsp3) is 0.636. The summed E-state index contributed by atoms with van der Waals surface area (Å²) in [7, 11) is 0. The average Bonchev–Trinajstić information content (AvgIpc) is 3.36. The second-order valence-electron chi connectivity index (χ2n) is 8.64. The predicted octanol–water partition coefficient (Wildman–Crippen LogP) is 3.55. The molecule has 3 aliphatic carbocycles. The van der Waals surface area contributed by atoms with E-state index in [9.17, 15) is 0 Å². The lowest BCUT2D eigenvalue weighted by Crippen LogP contribution is -2.57. The van der Waals surface area contributed by atoms with E-state index in [0.29, 0.717) is 17.4 Å². The minimum absolute atomic E-state index is 0.396. The third-order valence-corrected chi connectivity index (χ3v) is 7.49. The van der Waals surface area contributed by atoms with E-state index in [0.717, 1.165) is 17.8 Å². The van der Waals surface area contributed by atoms with Crippen molar-refractivity contribution in [2.24, 2.45) is 29.6 Å². The number of hydrogen-bond donors (Lipinski definition) is 1. The molecular weight excluding hydrogens is 292 g/mol. The Bertz CT molecular complexity index is 531. The SMILES string of the molecule is C1=CC(C2CC3(N4CCCC4)CNCC2C(C2C=CC=C2)C3)C=C1. The Morgan fingerprint density at radius 3 is 1.83 bits per heavy atom. The van der Waals surface area contributed by atoms with Crippen molar-refractivity contribution in [2.45, 2.75) is 31.2 Å². The number of fused-ring (bicyclic) bond motifs is 4. The van der Waals surface area contributed by atoms with Crippen LogP contribution in [0.2, 0.25) is 0 Å². The van der Waals surface area contributed by atoms with Crippen LogP contribution in [0, 0.1) is 29.6 Å². The summed E-state index contributed by atoms with van der Waals surface area (Å²) >= 11 is 0. The molecule has 0 aromatic carbocycles. The van der Waals surface area contributed by atoms with Gasteiger partial charge < -0.3 is 5.32 Å². The minimum atomic E-state index is 0.396. The van der Waals surface area contributed by atoms with Gasteiger partial charge in [-0.25, -0.2) is 0 Å². The summed E-state index contributed by atoms with van der Waals surface area (Å²) in [5.74, 6) is 3.73. The second-order valence-corrected chi connectivity index (χ2v) is 8.64.